The van der Waals surface area contributed by atoms with E-state index in [0.717, 1.165) is 0 Å². The second-order valence-corrected chi connectivity index (χ2v) is 5.93. The third-order valence-electron chi connectivity index (χ3n) is 1.58. The summed E-state index contributed by atoms with van der Waals surface area (Å²) in [6.07, 6.45) is 0. The summed E-state index contributed by atoms with van der Waals surface area (Å²) in [7, 11) is 2.66. The molecular formula is C10H18O4S2. The topological polar surface area (TPSA) is 52.6 Å². The van der Waals surface area contributed by atoms with Crippen LogP contribution < -0.4 is 0 Å². The molecule has 0 radical (unpaired) electrons. The zero-order chi connectivity index (χ0) is 12.6. The molecule has 4 nitrogen and oxygen atoms in total. The third kappa shape index (κ3) is 6.27. The lowest BCUT2D eigenvalue weighted by Crippen LogP contribution is -2.19. The normalized spacial score (nSPS) is 14.0. The van der Waals surface area contributed by atoms with E-state index in [4.69, 9.17) is 9.47 Å². The van der Waals surface area contributed by atoms with Gasteiger partial charge < -0.3 is 9.47 Å². The maximum atomic E-state index is 11.3. The van der Waals surface area contributed by atoms with Crippen LogP contribution >= 0.6 is 21.6 Å². The molecule has 0 aliphatic heterocycles. The molecule has 0 aromatic heterocycles. The summed E-state index contributed by atoms with van der Waals surface area (Å²) in [6, 6.07) is 0. The highest BCUT2D eigenvalue weighted by Crippen LogP contribution is 2.31. The molecule has 16 heavy (non-hydrogen) atoms. The molecule has 2 unspecified atom stereocenters. The Labute approximate surface area is 104 Å². The molecule has 0 spiro atoms. The van der Waals surface area contributed by atoms with Crippen molar-refractivity contribution in [2.75, 3.05) is 13.2 Å². The third-order valence-corrected chi connectivity index (χ3v) is 4.72. The zero-order valence-electron chi connectivity index (χ0n) is 10.0. The van der Waals surface area contributed by atoms with Crippen molar-refractivity contribution in [1.29, 1.82) is 0 Å². The highest BCUT2D eigenvalue weighted by molar-refractivity contribution is 8.77. The van der Waals surface area contributed by atoms with Crippen molar-refractivity contribution >= 4 is 33.5 Å². The van der Waals surface area contributed by atoms with Crippen LogP contribution in [0.5, 0.6) is 0 Å². The molecule has 0 aliphatic rings. The minimum absolute atomic E-state index is 0.254. The minimum Gasteiger partial charge on any atom is -0.465 e. The van der Waals surface area contributed by atoms with Gasteiger partial charge in [-0.25, -0.2) is 0 Å². The molecule has 6 heteroatoms. The van der Waals surface area contributed by atoms with Crippen molar-refractivity contribution in [2.45, 2.75) is 38.2 Å². The van der Waals surface area contributed by atoms with Gasteiger partial charge >= 0.3 is 11.9 Å². The Hall–Kier alpha value is -0.360. The van der Waals surface area contributed by atoms with Gasteiger partial charge in [-0.2, -0.15) is 0 Å². The van der Waals surface area contributed by atoms with Crippen LogP contribution in [-0.2, 0) is 19.1 Å². The van der Waals surface area contributed by atoms with Gasteiger partial charge in [0.25, 0.3) is 0 Å². The van der Waals surface area contributed by atoms with Gasteiger partial charge in [0.2, 0.25) is 0 Å². The van der Waals surface area contributed by atoms with Gasteiger partial charge in [-0.05, 0) is 27.7 Å². The van der Waals surface area contributed by atoms with Gasteiger partial charge in [0.1, 0.15) is 10.5 Å². The summed E-state index contributed by atoms with van der Waals surface area (Å²) >= 11 is 0. The molecule has 0 rings (SSSR count). The quantitative estimate of drug-likeness (QED) is 0.520. The Balaban J connectivity index is 3.86. The van der Waals surface area contributed by atoms with Crippen LogP contribution in [0.2, 0.25) is 0 Å². The maximum absolute atomic E-state index is 11.3. The fraction of sp³-hybridized carbons (Fsp3) is 0.800. The van der Waals surface area contributed by atoms with Gasteiger partial charge in [-0.1, -0.05) is 21.6 Å². The van der Waals surface area contributed by atoms with E-state index in [1.807, 2.05) is 0 Å². The van der Waals surface area contributed by atoms with E-state index >= 15 is 0 Å². The summed E-state index contributed by atoms with van der Waals surface area (Å²) in [5.41, 5.74) is 0. The molecule has 0 aromatic carbocycles. The van der Waals surface area contributed by atoms with Crippen LogP contribution in [0.1, 0.15) is 27.7 Å². The summed E-state index contributed by atoms with van der Waals surface area (Å²) in [5.74, 6) is -0.507. The highest BCUT2D eigenvalue weighted by Gasteiger charge is 2.20. The second kappa shape index (κ2) is 8.75. The summed E-state index contributed by atoms with van der Waals surface area (Å²) in [6.45, 7) is 7.80. The monoisotopic (exact) mass is 266 g/mol. The van der Waals surface area contributed by atoms with Crippen LogP contribution in [0.4, 0.5) is 0 Å². The molecular weight excluding hydrogens is 248 g/mol. The van der Waals surface area contributed by atoms with E-state index in [9.17, 15) is 9.59 Å². The van der Waals surface area contributed by atoms with Gasteiger partial charge in [0, 0.05) is 0 Å². The SMILES string of the molecule is CCOC(=O)C(C)SSC(C)C(=O)OCC. The van der Waals surface area contributed by atoms with Gasteiger partial charge in [-0.3, -0.25) is 9.59 Å². The Morgan fingerprint density at radius 1 is 0.938 bits per heavy atom. The first-order valence-corrected chi connectivity index (χ1v) is 7.45. The Morgan fingerprint density at radius 2 is 1.25 bits per heavy atom. The van der Waals surface area contributed by atoms with Crippen molar-refractivity contribution in [1.82, 2.24) is 0 Å². The average Bonchev–Trinajstić information content (AvgIpc) is 2.25. The lowest BCUT2D eigenvalue weighted by atomic mass is 10.5. The first kappa shape index (κ1) is 15.6. The number of hydrogen-bond acceptors (Lipinski definition) is 6. The second-order valence-electron chi connectivity index (χ2n) is 2.98. The molecule has 0 fully saturated rings. The predicted octanol–water partition coefficient (Wildman–Crippen LogP) is 2.27. The van der Waals surface area contributed by atoms with Crippen LogP contribution in [0.25, 0.3) is 0 Å². The number of carbonyl (C=O) groups excluding carboxylic acids is 2. The van der Waals surface area contributed by atoms with Crippen LogP contribution in [0.15, 0.2) is 0 Å². The molecule has 0 amide bonds. The minimum atomic E-state index is -0.276. The zero-order valence-corrected chi connectivity index (χ0v) is 11.7. The number of rotatable bonds is 7. The van der Waals surface area contributed by atoms with E-state index in [0.29, 0.717) is 13.2 Å². The fourth-order valence-electron chi connectivity index (χ4n) is 0.764. The lowest BCUT2D eigenvalue weighted by Gasteiger charge is -2.12. The van der Waals surface area contributed by atoms with Gasteiger partial charge in [0.15, 0.2) is 0 Å². The molecule has 0 saturated carbocycles. The van der Waals surface area contributed by atoms with Gasteiger partial charge in [-0.15, -0.1) is 0 Å². The number of carbonyl (C=O) groups is 2. The van der Waals surface area contributed by atoms with E-state index in [1.165, 1.54) is 21.6 Å². The van der Waals surface area contributed by atoms with Crippen molar-refractivity contribution in [3.8, 4) is 0 Å². The number of ether oxygens (including phenoxy) is 2. The summed E-state index contributed by atoms with van der Waals surface area (Å²) in [5, 5.41) is -0.552. The van der Waals surface area contributed by atoms with Crippen molar-refractivity contribution in [2.24, 2.45) is 0 Å². The van der Waals surface area contributed by atoms with E-state index in [2.05, 4.69) is 0 Å². The van der Waals surface area contributed by atoms with Crippen LogP contribution in [0, 0.1) is 0 Å². The molecule has 0 N–H and O–H groups in total. The van der Waals surface area contributed by atoms with Crippen molar-refractivity contribution in [3.05, 3.63) is 0 Å². The lowest BCUT2D eigenvalue weighted by molar-refractivity contribution is -0.143. The molecule has 0 aliphatic carbocycles. The molecule has 2 atom stereocenters. The number of hydrogen-bond donors (Lipinski definition) is 0. The largest absolute Gasteiger partial charge is 0.465 e. The summed E-state index contributed by atoms with van der Waals surface area (Å²) < 4.78 is 9.71. The Kier molecular flexibility index (Phi) is 8.56. The first-order chi connectivity index (χ1) is 7.52. The molecule has 0 saturated heterocycles. The molecule has 0 bridgehead atoms. The van der Waals surface area contributed by atoms with Crippen molar-refractivity contribution in [3.63, 3.8) is 0 Å². The number of esters is 2. The van der Waals surface area contributed by atoms with E-state index in [1.54, 1.807) is 27.7 Å². The molecule has 0 aromatic rings. The van der Waals surface area contributed by atoms with E-state index < -0.39 is 0 Å². The Morgan fingerprint density at radius 3 is 1.50 bits per heavy atom. The van der Waals surface area contributed by atoms with E-state index in [-0.39, 0.29) is 22.4 Å². The predicted molar refractivity (Wildman–Crippen MR) is 67.4 cm³/mol. The van der Waals surface area contributed by atoms with Crippen molar-refractivity contribution < 1.29 is 19.1 Å². The Bertz CT molecular complexity index is 209. The average molecular weight is 266 g/mol. The van der Waals surface area contributed by atoms with Gasteiger partial charge in [0.05, 0.1) is 13.2 Å². The first-order valence-electron chi connectivity index (χ1n) is 5.18. The summed E-state index contributed by atoms with van der Waals surface area (Å²) in [4.78, 5) is 22.6. The maximum Gasteiger partial charge on any atom is 0.319 e. The molecule has 94 valence electrons. The molecule has 0 heterocycles. The smallest absolute Gasteiger partial charge is 0.319 e. The van der Waals surface area contributed by atoms with Crippen LogP contribution in [-0.4, -0.2) is 35.7 Å². The van der Waals surface area contributed by atoms with Crippen LogP contribution in [0.3, 0.4) is 0 Å². The fourth-order valence-corrected chi connectivity index (χ4v) is 2.86. The highest BCUT2D eigenvalue weighted by atomic mass is 33.1. The standard InChI is InChI=1S/C10H18O4S2/c1-5-13-9(11)7(3)15-16-8(4)10(12)14-6-2/h7-8H,5-6H2,1-4H3.